The van der Waals surface area contributed by atoms with Gasteiger partial charge in [-0.3, -0.25) is 9.69 Å². The molecule has 0 saturated carbocycles. The van der Waals surface area contributed by atoms with E-state index < -0.39 is 5.97 Å². The molecule has 1 unspecified atom stereocenters. The van der Waals surface area contributed by atoms with Crippen molar-refractivity contribution in [2.45, 2.75) is 19.4 Å². The number of nitrogens with one attached hydrogen (secondary N) is 1. The number of ether oxygens (including phenoxy) is 1. The molecule has 1 saturated heterocycles. The molecular formula is C10H20N2O3. The van der Waals surface area contributed by atoms with Crippen LogP contribution in [0.25, 0.3) is 0 Å². The average Bonchev–Trinajstić information content (AvgIpc) is 2.25. The van der Waals surface area contributed by atoms with Crippen LogP contribution in [0.5, 0.6) is 0 Å². The van der Waals surface area contributed by atoms with Crippen LogP contribution in [0.4, 0.5) is 0 Å². The zero-order valence-corrected chi connectivity index (χ0v) is 9.24. The van der Waals surface area contributed by atoms with Crippen LogP contribution in [-0.2, 0) is 9.53 Å². The van der Waals surface area contributed by atoms with Crippen LogP contribution in [0, 0.1) is 0 Å². The Kier molecular flexibility index (Phi) is 5.60. The van der Waals surface area contributed by atoms with Crippen LogP contribution in [0.2, 0.25) is 0 Å². The first-order valence-electron chi connectivity index (χ1n) is 5.51. The molecule has 1 heterocycles. The molecule has 1 fully saturated rings. The molecule has 2 N–H and O–H groups in total. The zero-order chi connectivity index (χ0) is 11.1. The Bertz CT molecular complexity index is 199. The third-order valence-corrected chi connectivity index (χ3v) is 2.58. The second-order valence-electron chi connectivity index (χ2n) is 3.64. The third kappa shape index (κ3) is 4.15. The maximum atomic E-state index is 10.9. The molecule has 5 heteroatoms. The predicted octanol–water partition coefficient (Wildman–Crippen LogP) is -0.229. The fourth-order valence-corrected chi connectivity index (χ4v) is 1.77. The Morgan fingerprint density at radius 2 is 2.47 bits per heavy atom. The SMILES string of the molecule is CCOCCCN1CCNCC1C(=O)O. The van der Waals surface area contributed by atoms with Crippen molar-refractivity contribution in [3.63, 3.8) is 0 Å². The Morgan fingerprint density at radius 1 is 1.67 bits per heavy atom. The molecule has 0 aromatic heterocycles. The van der Waals surface area contributed by atoms with Crippen molar-refractivity contribution >= 4 is 5.97 Å². The molecule has 0 bridgehead atoms. The molecule has 1 rings (SSSR count). The molecule has 1 aliphatic rings. The summed E-state index contributed by atoms with van der Waals surface area (Å²) in [5.41, 5.74) is 0. The van der Waals surface area contributed by atoms with E-state index in [2.05, 4.69) is 5.32 Å². The van der Waals surface area contributed by atoms with Crippen molar-refractivity contribution in [1.82, 2.24) is 10.2 Å². The van der Waals surface area contributed by atoms with E-state index >= 15 is 0 Å². The Hall–Kier alpha value is -0.650. The Morgan fingerprint density at radius 3 is 3.13 bits per heavy atom. The highest BCUT2D eigenvalue weighted by molar-refractivity contribution is 5.73. The van der Waals surface area contributed by atoms with Gasteiger partial charge in [0.2, 0.25) is 0 Å². The van der Waals surface area contributed by atoms with Crippen LogP contribution in [0.15, 0.2) is 0 Å². The van der Waals surface area contributed by atoms with Gasteiger partial charge in [-0.25, -0.2) is 0 Å². The number of carboxylic acids is 1. The van der Waals surface area contributed by atoms with Crippen LogP contribution in [0.3, 0.4) is 0 Å². The molecule has 1 aliphatic heterocycles. The number of carbonyl (C=O) groups is 1. The largest absolute Gasteiger partial charge is 0.480 e. The van der Waals surface area contributed by atoms with E-state index in [0.717, 1.165) is 32.7 Å². The maximum absolute atomic E-state index is 10.9. The van der Waals surface area contributed by atoms with Gasteiger partial charge >= 0.3 is 5.97 Å². The van der Waals surface area contributed by atoms with E-state index in [4.69, 9.17) is 9.84 Å². The molecule has 0 amide bonds. The number of carboxylic acid groups (broad SMARTS) is 1. The molecule has 0 aromatic carbocycles. The van der Waals surface area contributed by atoms with Crippen LogP contribution >= 0.6 is 0 Å². The molecule has 0 aliphatic carbocycles. The van der Waals surface area contributed by atoms with Gasteiger partial charge in [-0.05, 0) is 13.3 Å². The molecule has 5 nitrogen and oxygen atoms in total. The highest BCUT2D eigenvalue weighted by atomic mass is 16.5. The molecular weight excluding hydrogens is 196 g/mol. The van der Waals surface area contributed by atoms with Crippen molar-refractivity contribution in [2.24, 2.45) is 0 Å². The second-order valence-corrected chi connectivity index (χ2v) is 3.64. The highest BCUT2D eigenvalue weighted by Crippen LogP contribution is 2.04. The van der Waals surface area contributed by atoms with E-state index in [1.165, 1.54) is 0 Å². The summed E-state index contributed by atoms with van der Waals surface area (Å²) < 4.78 is 5.23. The fourth-order valence-electron chi connectivity index (χ4n) is 1.77. The summed E-state index contributed by atoms with van der Waals surface area (Å²) >= 11 is 0. The monoisotopic (exact) mass is 216 g/mol. The fraction of sp³-hybridized carbons (Fsp3) is 0.900. The van der Waals surface area contributed by atoms with Gasteiger partial charge in [-0.1, -0.05) is 0 Å². The average molecular weight is 216 g/mol. The van der Waals surface area contributed by atoms with Gasteiger partial charge in [-0.2, -0.15) is 0 Å². The predicted molar refractivity (Wildman–Crippen MR) is 57.0 cm³/mol. The van der Waals surface area contributed by atoms with E-state index in [-0.39, 0.29) is 6.04 Å². The molecule has 0 spiro atoms. The van der Waals surface area contributed by atoms with E-state index in [9.17, 15) is 4.79 Å². The minimum absolute atomic E-state index is 0.375. The summed E-state index contributed by atoms with van der Waals surface area (Å²) in [5.74, 6) is -0.737. The summed E-state index contributed by atoms with van der Waals surface area (Å²) in [6.07, 6.45) is 0.900. The van der Waals surface area contributed by atoms with Gasteiger partial charge < -0.3 is 15.2 Å². The second kappa shape index (κ2) is 6.76. The first-order valence-corrected chi connectivity index (χ1v) is 5.51. The van der Waals surface area contributed by atoms with Crippen LogP contribution in [-0.4, -0.2) is 61.4 Å². The lowest BCUT2D eigenvalue weighted by Crippen LogP contribution is -2.55. The van der Waals surface area contributed by atoms with Crippen molar-refractivity contribution in [1.29, 1.82) is 0 Å². The normalized spacial score (nSPS) is 22.9. The summed E-state index contributed by atoms with van der Waals surface area (Å²) in [4.78, 5) is 13.0. The molecule has 0 aromatic rings. The van der Waals surface area contributed by atoms with Gasteiger partial charge in [0.25, 0.3) is 0 Å². The minimum atomic E-state index is -0.737. The quantitative estimate of drug-likeness (QED) is 0.601. The number of hydrogen-bond acceptors (Lipinski definition) is 4. The standard InChI is InChI=1S/C10H20N2O3/c1-2-15-7-3-5-12-6-4-11-8-9(12)10(13)14/h9,11H,2-8H2,1H3,(H,13,14). The lowest BCUT2D eigenvalue weighted by Gasteiger charge is -2.33. The van der Waals surface area contributed by atoms with Crippen molar-refractivity contribution in [2.75, 3.05) is 39.4 Å². The third-order valence-electron chi connectivity index (χ3n) is 2.58. The smallest absolute Gasteiger partial charge is 0.322 e. The maximum Gasteiger partial charge on any atom is 0.322 e. The van der Waals surface area contributed by atoms with Crippen LogP contribution in [0.1, 0.15) is 13.3 Å². The lowest BCUT2D eigenvalue weighted by molar-refractivity contribution is -0.144. The number of piperazine rings is 1. The number of nitrogens with zero attached hydrogens (tertiary/aromatic N) is 1. The number of rotatable bonds is 6. The molecule has 88 valence electrons. The van der Waals surface area contributed by atoms with E-state index in [1.807, 2.05) is 11.8 Å². The number of hydrogen-bond donors (Lipinski definition) is 2. The minimum Gasteiger partial charge on any atom is -0.480 e. The molecule has 15 heavy (non-hydrogen) atoms. The molecule has 1 atom stereocenters. The lowest BCUT2D eigenvalue weighted by atomic mass is 10.2. The van der Waals surface area contributed by atoms with Gasteiger partial charge in [0.15, 0.2) is 0 Å². The van der Waals surface area contributed by atoms with Gasteiger partial charge in [0.05, 0.1) is 0 Å². The van der Waals surface area contributed by atoms with Crippen molar-refractivity contribution < 1.29 is 14.6 Å². The summed E-state index contributed by atoms with van der Waals surface area (Å²) in [6.45, 7) is 6.44. The topological polar surface area (TPSA) is 61.8 Å². The van der Waals surface area contributed by atoms with Crippen molar-refractivity contribution in [3.05, 3.63) is 0 Å². The molecule has 0 radical (unpaired) electrons. The van der Waals surface area contributed by atoms with Gasteiger partial charge in [0, 0.05) is 39.4 Å². The Labute approximate surface area is 90.4 Å². The highest BCUT2D eigenvalue weighted by Gasteiger charge is 2.27. The van der Waals surface area contributed by atoms with Gasteiger partial charge in [-0.15, -0.1) is 0 Å². The first-order chi connectivity index (χ1) is 7.25. The number of aliphatic carboxylic acids is 1. The summed E-state index contributed by atoms with van der Waals surface area (Å²) in [7, 11) is 0. The Balaban J connectivity index is 2.26. The van der Waals surface area contributed by atoms with E-state index in [0.29, 0.717) is 13.2 Å². The summed E-state index contributed by atoms with van der Waals surface area (Å²) in [6, 6.07) is -0.375. The summed E-state index contributed by atoms with van der Waals surface area (Å²) in [5, 5.41) is 12.1. The van der Waals surface area contributed by atoms with Crippen LogP contribution < -0.4 is 5.32 Å². The van der Waals surface area contributed by atoms with Gasteiger partial charge in [0.1, 0.15) is 6.04 Å². The first kappa shape index (κ1) is 12.4. The zero-order valence-electron chi connectivity index (χ0n) is 9.24. The van der Waals surface area contributed by atoms with Crippen molar-refractivity contribution in [3.8, 4) is 0 Å². The van der Waals surface area contributed by atoms with E-state index in [1.54, 1.807) is 0 Å².